The number of hydrogen-bond acceptors (Lipinski definition) is 4. The first-order chi connectivity index (χ1) is 15.9. The average molecular weight is 453 g/mol. The largest absolute Gasteiger partial charge is 0.366 e. The van der Waals surface area contributed by atoms with Crippen molar-refractivity contribution >= 4 is 11.8 Å². The van der Waals surface area contributed by atoms with Gasteiger partial charge in [0.15, 0.2) is 0 Å². The maximum Gasteiger partial charge on any atom is 0.249 e. The molecule has 4 rings (SSSR count). The maximum atomic E-state index is 13.5. The zero-order valence-electron chi connectivity index (χ0n) is 19.2. The molecule has 0 aromatic heterocycles. The van der Waals surface area contributed by atoms with Gasteiger partial charge in [0.2, 0.25) is 11.8 Å². The van der Waals surface area contributed by atoms with Gasteiger partial charge in [-0.1, -0.05) is 30.3 Å². The van der Waals surface area contributed by atoms with Crippen LogP contribution in [0.5, 0.6) is 0 Å². The van der Waals surface area contributed by atoms with E-state index in [2.05, 4.69) is 17.3 Å². The minimum atomic E-state index is -0.500. The van der Waals surface area contributed by atoms with Crippen LogP contribution in [0.3, 0.4) is 0 Å². The van der Waals surface area contributed by atoms with Crippen molar-refractivity contribution in [3.8, 4) is 0 Å². The van der Waals surface area contributed by atoms with Gasteiger partial charge in [-0.25, -0.2) is 4.39 Å². The first-order valence-corrected chi connectivity index (χ1v) is 11.8. The molecule has 2 amide bonds. The highest BCUT2D eigenvalue weighted by Crippen LogP contribution is 2.40. The Bertz CT molecular complexity index is 973. The number of nitrogens with one attached hydrogen (secondary N) is 1. The smallest absolute Gasteiger partial charge is 0.249 e. The highest BCUT2D eigenvalue weighted by Gasteiger charge is 2.37. The third-order valence-corrected chi connectivity index (χ3v) is 6.88. The van der Waals surface area contributed by atoms with Gasteiger partial charge in [-0.3, -0.25) is 9.59 Å². The fourth-order valence-corrected chi connectivity index (χ4v) is 4.78. The number of halogens is 1. The van der Waals surface area contributed by atoms with Crippen LogP contribution >= 0.6 is 0 Å². The number of rotatable bonds is 9. The first kappa shape index (κ1) is 23.4. The third kappa shape index (κ3) is 5.78. The molecule has 1 saturated carbocycles. The Kier molecular flexibility index (Phi) is 7.40. The number of nitrogens with zero attached hydrogens (tertiary/aromatic N) is 2. The molecule has 2 aromatic rings. The van der Waals surface area contributed by atoms with E-state index in [4.69, 9.17) is 5.73 Å². The lowest BCUT2D eigenvalue weighted by Crippen LogP contribution is -2.48. The van der Waals surface area contributed by atoms with E-state index in [1.165, 1.54) is 12.1 Å². The van der Waals surface area contributed by atoms with Crippen LogP contribution in [0, 0.1) is 5.82 Å². The molecule has 33 heavy (non-hydrogen) atoms. The fourth-order valence-electron chi connectivity index (χ4n) is 4.78. The van der Waals surface area contributed by atoms with Gasteiger partial charge in [-0.15, -0.1) is 0 Å². The van der Waals surface area contributed by atoms with E-state index in [1.54, 1.807) is 12.1 Å². The monoisotopic (exact) mass is 452 g/mol. The molecular weight excluding hydrogens is 419 g/mol. The summed E-state index contributed by atoms with van der Waals surface area (Å²) in [6.45, 7) is 3.88. The number of amides is 2. The molecule has 2 fully saturated rings. The Balaban J connectivity index is 1.37. The van der Waals surface area contributed by atoms with Crippen LogP contribution < -0.4 is 11.1 Å². The van der Waals surface area contributed by atoms with Crippen LogP contribution in [0.4, 0.5) is 4.39 Å². The van der Waals surface area contributed by atoms with Crippen LogP contribution in [0.1, 0.15) is 52.6 Å². The zero-order valence-corrected chi connectivity index (χ0v) is 19.2. The second-order valence-corrected chi connectivity index (χ2v) is 9.23. The van der Waals surface area contributed by atoms with E-state index in [0.717, 1.165) is 43.6 Å². The van der Waals surface area contributed by atoms with Crippen molar-refractivity contribution in [1.82, 2.24) is 15.1 Å². The second kappa shape index (κ2) is 10.4. The number of benzene rings is 2. The van der Waals surface area contributed by atoms with Crippen molar-refractivity contribution in [2.45, 2.75) is 37.1 Å². The van der Waals surface area contributed by atoms with Crippen LogP contribution in [-0.2, 0) is 4.79 Å². The van der Waals surface area contributed by atoms with Crippen molar-refractivity contribution in [3.05, 3.63) is 71.0 Å². The molecular formula is C26H33FN4O2. The molecule has 0 bridgehead atoms. The molecule has 1 aliphatic carbocycles. The Labute approximate surface area is 194 Å². The standard InChI is InChI=1S/C26H33FN4O2/c1-30-13-15-31(16-14-30)26(33)22(20-5-2-3-6-21(20)25(28)32)7-4-12-29-24-17-23(24)18-8-10-19(27)11-9-18/h2-3,5-6,8-11,22-24,29H,4,7,12-17H2,1H3,(H2,28,32)/t22-,23+,24-/m0/s1. The molecule has 176 valence electrons. The van der Waals surface area contributed by atoms with Gasteiger partial charge in [0.1, 0.15) is 5.82 Å². The molecule has 7 heteroatoms. The van der Waals surface area contributed by atoms with Gasteiger partial charge in [-0.05, 0) is 62.2 Å². The minimum absolute atomic E-state index is 0.0763. The Morgan fingerprint density at radius 2 is 1.79 bits per heavy atom. The fraction of sp³-hybridized carbons (Fsp3) is 0.462. The van der Waals surface area contributed by atoms with Gasteiger partial charge in [0.05, 0.1) is 5.92 Å². The second-order valence-electron chi connectivity index (χ2n) is 9.23. The van der Waals surface area contributed by atoms with Gasteiger partial charge >= 0.3 is 0 Å². The van der Waals surface area contributed by atoms with Crippen molar-refractivity contribution in [2.75, 3.05) is 39.8 Å². The number of hydrogen-bond donors (Lipinski definition) is 2. The molecule has 2 aromatic carbocycles. The van der Waals surface area contributed by atoms with Crippen molar-refractivity contribution < 1.29 is 14.0 Å². The summed E-state index contributed by atoms with van der Waals surface area (Å²) in [6.07, 6.45) is 2.50. The highest BCUT2D eigenvalue weighted by molar-refractivity contribution is 5.97. The van der Waals surface area contributed by atoms with Gasteiger partial charge in [0.25, 0.3) is 0 Å². The topological polar surface area (TPSA) is 78.7 Å². The summed E-state index contributed by atoms with van der Waals surface area (Å²) >= 11 is 0. The van der Waals surface area contributed by atoms with E-state index in [9.17, 15) is 14.0 Å². The number of carbonyl (C=O) groups excluding carboxylic acids is 2. The van der Waals surface area contributed by atoms with Crippen LogP contribution in [0.25, 0.3) is 0 Å². The van der Waals surface area contributed by atoms with E-state index >= 15 is 0 Å². The van der Waals surface area contributed by atoms with E-state index in [-0.39, 0.29) is 17.6 Å². The Hall–Kier alpha value is -2.77. The molecule has 0 radical (unpaired) electrons. The van der Waals surface area contributed by atoms with E-state index < -0.39 is 5.91 Å². The minimum Gasteiger partial charge on any atom is -0.366 e. The summed E-state index contributed by atoms with van der Waals surface area (Å²) in [4.78, 5) is 29.7. The summed E-state index contributed by atoms with van der Waals surface area (Å²) in [5, 5.41) is 3.57. The predicted molar refractivity (Wildman–Crippen MR) is 127 cm³/mol. The van der Waals surface area contributed by atoms with Crippen molar-refractivity contribution in [2.24, 2.45) is 5.73 Å². The molecule has 0 spiro atoms. The van der Waals surface area contributed by atoms with Gasteiger partial charge < -0.3 is 20.9 Å². The molecule has 3 N–H and O–H groups in total. The number of likely N-dealkylation sites (N-methyl/N-ethyl adjacent to an activating group) is 1. The summed E-state index contributed by atoms with van der Waals surface area (Å²) in [6, 6.07) is 14.3. The van der Waals surface area contributed by atoms with Gasteiger partial charge in [0, 0.05) is 43.7 Å². The molecule has 3 atom stereocenters. The Morgan fingerprint density at radius 3 is 2.48 bits per heavy atom. The number of primary amides is 1. The van der Waals surface area contributed by atoms with Crippen LogP contribution in [-0.4, -0.2) is 67.4 Å². The maximum absolute atomic E-state index is 13.5. The average Bonchev–Trinajstić information content (AvgIpc) is 3.59. The first-order valence-electron chi connectivity index (χ1n) is 11.8. The van der Waals surface area contributed by atoms with Crippen molar-refractivity contribution in [1.29, 1.82) is 0 Å². The Morgan fingerprint density at radius 1 is 1.09 bits per heavy atom. The summed E-state index contributed by atoms with van der Waals surface area (Å²) < 4.78 is 13.2. The third-order valence-electron chi connectivity index (χ3n) is 6.88. The quantitative estimate of drug-likeness (QED) is 0.574. The van der Waals surface area contributed by atoms with E-state index in [0.29, 0.717) is 37.0 Å². The molecule has 1 saturated heterocycles. The molecule has 1 aliphatic heterocycles. The lowest BCUT2D eigenvalue weighted by Gasteiger charge is -2.35. The lowest BCUT2D eigenvalue weighted by atomic mass is 9.88. The van der Waals surface area contributed by atoms with Gasteiger partial charge in [-0.2, -0.15) is 0 Å². The van der Waals surface area contributed by atoms with Crippen LogP contribution in [0.2, 0.25) is 0 Å². The molecule has 0 unspecified atom stereocenters. The number of nitrogens with two attached hydrogens (primary N) is 1. The van der Waals surface area contributed by atoms with Crippen molar-refractivity contribution in [3.63, 3.8) is 0 Å². The summed E-state index contributed by atoms with van der Waals surface area (Å²) in [5.41, 5.74) is 7.94. The number of piperazine rings is 1. The zero-order chi connectivity index (χ0) is 23.4. The molecule has 6 nitrogen and oxygen atoms in total. The predicted octanol–water partition coefficient (Wildman–Crippen LogP) is 2.71. The number of carbonyl (C=O) groups is 2. The van der Waals surface area contributed by atoms with Crippen LogP contribution in [0.15, 0.2) is 48.5 Å². The molecule has 1 heterocycles. The highest BCUT2D eigenvalue weighted by atomic mass is 19.1. The lowest BCUT2D eigenvalue weighted by molar-refractivity contribution is -0.134. The van der Waals surface area contributed by atoms with E-state index in [1.807, 2.05) is 29.2 Å². The summed E-state index contributed by atoms with van der Waals surface area (Å²) in [7, 11) is 2.06. The normalized spacial score (nSPS) is 21.6. The summed E-state index contributed by atoms with van der Waals surface area (Å²) in [5.74, 6) is -0.599. The molecule has 2 aliphatic rings. The SMILES string of the molecule is CN1CCN(C(=O)[C@@H](CCCN[C@H]2C[C@@H]2c2ccc(F)cc2)c2ccccc2C(N)=O)CC1.